The molecule has 26 heavy (non-hydrogen) atoms. The molecule has 1 N–H and O–H groups in total. The highest BCUT2D eigenvalue weighted by atomic mass is 35.5. The van der Waals surface area contributed by atoms with Crippen molar-refractivity contribution in [3.8, 4) is 11.7 Å². The maximum Gasteiger partial charge on any atom is 0.394 e. The summed E-state index contributed by atoms with van der Waals surface area (Å²) in [4.78, 5) is 14.9. The van der Waals surface area contributed by atoms with Crippen molar-refractivity contribution in [3.63, 3.8) is 0 Å². The minimum Gasteiger partial charge on any atom is -0.478 e. The van der Waals surface area contributed by atoms with Crippen LogP contribution in [0, 0.1) is 11.3 Å². The number of aromatic nitrogens is 3. The van der Waals surface area contributed by atoms with Crippen molar-refractivity contribution in [1.29, 1.82) is 0 Å². The summed E-state index contributed by atoms with van der Waals surface area (Å²) in [5.41, 5.74) is -1.80. The molecule has 3 rings (SSSR count). The molecular formula is C16H15ClF3N3O3. The second-order valence-electron chi connectivity index (χ2n) is 6.28. The molecule has 10 heteroatoms. The Morgan fingerprint density at radius 3 is 2.65 bits per heavy atom. The molecule has 2 aromatic rings. The first-order valence-electron chi connectivity index (χ1n) is 7.79. The standard InChI is InChI=1S/C16H15ClF3N3O3/c1-9(15(5-6-15)16(18,19)20)8-26-12-4-7-23(22-12)11-3-2-10(14(24)25)13(17)21-11/h2-4,7,9H,5-6,8H2,1H3,(H,24,25). The molecule has 0 saturated heterocycles. The number of nitrogens with zero attached hydrogens (tertiary/aromatic N) is 3. The smallest absolute Gasteiger partial charge is 0.394 e. The highest BCUT2D eigenvalue weighted by Crippen LogP contribution is 2.62. The van der Waals surface area contributed by atoms with Crippen LogP contribution in [0.15, 0.2) is 24.4 Å². The Hall–Kier alpha value is -2.29. The van der Waals surface area contributed by atoms with Gasteiger partial charge in [0, 0.05) is 18.2 Å². The SMILES string of the molecule is CC(COc1ccn(-c2ccc(C(=O)O)c(Cl)n2)n1)C1(C(F)(F)F)CC1. The number of ether oxygens (including phenoxy) is 1. The van der Waals surface area contributed by atoms with Crippen molar-refractivity contribution >= 4 is 17.6 Å². The van der Waals surface area contributed by atoms with E-state index in [1.165, 1.54) is 36.0 Å². The van der Waals surface area contributed by atoms with Crippen molar-refractivity contribution in [2.24, 2.45) is 11.3 Å². The minimum atomic E-state index is -4.23. The number of aromatic carboxylic acids is 1. The molecule has 0 aromatic carbocycles. The normalized spacial score (nSPS) is 17.0. The van der Waals surface area contributed by atoms with Gasteiger partial charge in [-0.25, -0.2) is 14.5 Å². The van der Waals surface area contributed by atoms with Gasteiger partial charge < -0.3 is 9.84 Å². The average Bonchev–Trinajstić information content (AvgIpc) is 3.25. The molecule has 1 aliphatic carbocycles. The number of pyridine rings is 1. The molecule has 0 radical (unpaired) electrons. The van der Waals surface area contributed by atoms with Crippen molar-refractivity contribution < 1.29 is 27.8 Å². The number of carbonyl (C=O) groups is 1. The zero-order valence-corrected chi connectivity index (χ0v) is 14.4. The van der Waals surface area contributed by atoms with E-state index < -0.39 is 23.5 Å². The van der Waals surface area contributed by atoms with E-state index >= 15 is 0 Å². The lowest BCUT2D eigenvalue weighted by molar-refractivity contribution is -0.203. The second-order valence-corrected chi connectivity index (χ2v) is 6.64. The molecule has 2 aromatic heterocycles. The molecule has 1 saturated carbocycles. The fourth-order valence-electron chi connectivity index (χ4n) is 2.78. The van der Waals surface area contributed by atoms with Gasteiger partial charge in [-0.05, 0) is 25.0 Å². The van der Waals surface area contributed by atoms with Crippen LogP contribution in [0.4, 0.5) is 13.2 Å². The molecule has 0 aliphatic heterocycles. The van der Waals surface area contributed by atoms with Gasteiger partial charge in [0.05, 0.1) is 17.6 Å². The summed E-state index contributed by atoms with van der Waals surface area (Å²) in [6.07, 6.45) is -2.50. The third-order valence-electron chi connectivity index (χ3n) is 4.64. The van der Waals surface area contributed by atoms with Crippen molar-refractivity contribution in [1.82, 2.24) is 14.8 Å². The predicted octanol–water partition coefficient (Wildman–Crippen LogP) is 3.98. The Balaban J connectivity index is 1.67. The third kappa shape index (κ3) is 3.35. The Labute approximate surface area is 151 Å². The van der Waals surface area contributed by atoms with E-state index in [1.54, 1.807) is 0 Å². The Bertz CT molecular complexity index is 834. The van der Waals surface area contributed by atoms with Gasteiger partial charge in [-0.3, -0.25) is 0 Å². The van der Waals surface area contributed by atoms with Gasteiger partial charge in [-0.1, -0.05) is 18.5 Å². The number of hydrogen-bond acceptors (Lipinski definition) is 4. The maximum atomic E-state index is 13.1. The van der Waals surface area contributed by atoms with Crippen LogP contribution in [-0.2, 0) is 0 Å². The van der Waals surface area contributed by atoms with Gasteiger partial charge in [0.25, 0.3) is 0 Å². The number of rotatable bonds is 6. The van der Waals surface area contributed by atoms with Gasteiger partial charge in [-0.15, -0.1) is 5.10 Å². The summed E-state index contributed by atoms with van der Waals surface area (Å²) in [5.74, 6) is -1.48. The molecule has 1 atom stereocenters. The number of halogens is 4. The summed E-state index contributed by atoms with van der Waals surface area (Å²) >= 11 is 5.81. The fourth-order valence-corrected chi connectivity index (χ4v) is 3.01. The maximum absolute atomic E-state index is 13.1. The minimum absolute atomic E-state index is 0.108. The van der Waals surface area contributed by atoms with Gasteiger partial charge >= 0.3 is 12.1 Å². The van der Waals surface area contributed by atoms with Gasteiger partial charge in [0.15, 0.2) is 5.82 Å². The largest absolute Gasteiger partial charge is 0.478 e. The van der Waals surface area contributed by atoms with Crippen LogP contribution in [0.3, 0.4) is 0 Å². The molecule has 2 heterocycles. The molecule has 1 unspecified atom stereocenters. The van der Waals surface area contributed by atoms with Gasteiger partial charge in [-0.2, -0.15) is 13.2 Å². The van der Waals surface area contributed by atoms with E-state index in [4.69, 9.17) is 21.4 Å². The molecule has 0 bridgehead atoms. The first kappa shape index (κ1) is 18.5. The van der Waals surface area contributed by atoms with Crippen LogP contribution in [0.1, 0.15) is 30.1 Å². The monoisotopic (exact) mass is 389 g/mol. The third-order valence-corrected chi connectivity index (χ3v) is 4.93. The Morgan fingerprint density at radius 1 is 1.42 bits per heavy atom. The van der Waals surface area contributed by atoms with Crippen molar-refractivity contribution in [2.45, 2.75) is 25.9 Å². The Morgan fingerprint density at radius 2 is 2.12 bits per heavy atom. The van der Waals surface area contributed by atoms with E-state index in [9.17, 15) is 18.0 Å². The number of carboxylic acid groups (broad SMARTS) is 1. The zero-order chi connectivity index (χ0) is 19.1. The lowest BCUT2D eigenvalue weighted by atomic mass is 9.91. The number of hydrogen-bond donors (Lipinski definition) is 1. The first-order chi connectivity index (χ1) is 12.1. The highest BCUT2D eigenvalue weighted by Gasteiger charge is 2.65. The summed E-state index contributed by atoms with van der Waals surface area (Å²) in [6, 6.07) is 4.19. The molecule has 140 valence electrons. The quantitative estimate of drug-likeness (QED) is 0.756. The van der Waals surface area contributed by atoms with Crippen LogP contribution < -0.4 is 4.74 Å². The Kier molecular flexibility index (Phi) is 4.60. The van der Waals surface area contributed by atoms with Crippen molar-refractivity contribution in [2.75, 3.05) is 6.61 Å². The predicted molar refractivity (Wildman–Crippen MR) is 85.7 cm³/mol. The highest BCUT2D eigenvalue weighted by molar-refractivity contribution is 6.32. The van der Waals surface area contributed by atoms with Crippen LogP contribution >= 0.6 is 11.6 Å². The first-order valence-corrected chi connectivity index (χ1v) is 8.17. The topological polar surface area (TPSA) is 77.2 Å². The van der Waals surface area contributed by atoms with Gasteiger partial charge in [0.2, 0.25) is 5.88 Å². The summed E-state index contributed by atoms with van der Waals surface area (Å²) in [7, 11) is 0. The second kappa shape index (κ2) is 6.46. The molecule has 6 nitrogen and oxygen atoms in total. The summed E-state index contributed by atoms with van der Waals surface area (Å²) in [6.45, 7) is 1.41. The van der Waals surface area contributed by atoms with Crippen LogP contribution in [0.2, 0.25) is 5.15 Å². The van der Waals surface area contributed by atoms with E-state index in [0.717, 1.165) is 0 Å². The summed E-state index contributed by atoms with van der Waals surface area (Å²) < 4.78 is 46.0. The molecule has 0 amide bonds. The van der Waals surface area contributed by atoms with E-state index in [2.05, 4.69) is 10.1 Å². The van der Waals surface area contributed by atoms with Crippen LogP contribution in [-0.4, -0.2) is 38.6 Å². The average molecular weight is 390 g/mol. The van der Waals surface area contributed by atoms with Crippen LogP contribution in [0.5, 0.6) is 5.88 Å². The van der Waals surface area contributed by atoms with Crippen molar-refractivity contribution in [3.05, 3.63) is 35.1 Å². The van der Waals surface area contributed by atoms with E-state index in [-0.39, 0.29) is 41.9 Å². The molecule has 0 spiro atoms. The lowest BCUT2D eigenvalue weighted by Crippen LogP contribution is -2.34. The summed E-state index contributed by atoms with van der Waals surface area (Å²) in [5, 5.41) is 12.8. The van der Waals surface area contributed by atoms with Gasteiger partial charge in [0.1, 0.15) is 5.15 Å². The molecule has 1 fully saturated rings. The molecular weight excluding hydrogens is 375 g/mol. The lowest BCUT2D eigenvalue weighted by Gasteiger charge is -2.25. The zero-order valence-electron chi connectivity index (χ0n) is 13.6. The number of carboxylic acids is 1. The van der Waals surface area contributed by atoms with E-state index in [0.29, 0.717) is 0 Å². The van der Waals surface area contributed by atoms with Crippen LogP contribution in [0.25, 0.3) is 5.82 Å². The van der Waals surface area contributed by atoms with E-state index in [1.807, 2.05) is 0 Å². The molecule has 1 aliphatic rings. The number of alkyl halides is 3. The fraction of sp³-hybridized carbons (Fsp3) is 0.438.